The molecule has 0 aromatic heterocycles. The van der Waals surface area contributed by atoms with Crippen molar-refractivity contribution in [1.82, 2.24) is 0 Å². The summed E-state index contributed by atoms with van der Waals surface area (Å²) in [6, 6.07) is 0. The van der Waals surface area contributed by atoms with Gasteiger partial charge in [-0.05, 0) is 214 Å². The zero-order chi connectivity index (χ0) is 71.6. The Kier molecular flexibility index (Phi) is 39.0. The molecule has 0 unspecified atom stereocenters. The van der Waals surface area contributed by atoms with E-state index in [9.17, 15) is 0 Å². The van der Waals surface area contributed by atoms with Crippen LogP contribution in [0.2, 0.25) is 0 Å². The van der Waals surface area contributed by atoms with Crippen molar-refractivity contribution in [1.29, 1.82) is 0 Å². The van der Waals surface area contributed by atoms with E-state index < -0.39 is 0 Å². The fraction of sp³-hybridized carbons (Fsp3) is 0.556. The zero-order valence-electron chi connectivity index (χ0n) is 65.5. The molecular weight excluding hydrogens is 1140 g/mol. The second-order valence-electron chi connectivity index (χ2n) is 33.4. The van der Waals surface area contributed by atoms with Crippen LogP contribution in [-0.2, 0) is 0 Å². The summed E-state index contributed by atoms with van der Waals surface area (Å²) >= 11 is 0. The Morgan fingerprint density at radius 1 is 0.362 bits per heavy atom. The standard InChI is InChI=1S/C26H43N.C23H37N.C21H33N.C20H31N/c1-20-12-11-18-26(8,9)23(20)16-15-21(24(2,3)4)13-10-14-22(17-19-27)25(5,6)7;1-18(15-17-24)10-8-12-20(22(3,4)5)13-14-21-19(2)11-9-16-23(21,6)7;1-17(15-16-22)9-8-12-20(21(3,4)5)14-13-19-11-7-6-10-18(19)2;1-17(15-16-21)9-8-12-19(20(2,3)4)14-13-18-10-6-5-7-11-18/h10,13-17H,11-12,18-19,27H2,1-9H3;8,10,12-15H,9,11,16-17,24H2,1-7H3;8-9,12-15H,6-7,10-11,16,22H2,1-5H3;8-10,12-15H,5-7,11,16,21H2,1-4H3/b14-10+,16-15+,21-13-,22-17-;10-8+,14-13+,18-15+,20-12-;9-8+,14-13+,17-15+,20-12-;9-8+,14-13+,17-15+,19-12-. The highest BCUT2D eigenvalue weighted by molar-refractivity contribution is 5.43. The monoisotopic (exact) mass is 1280 g/mol. The fourth-order valence-corrected chi connectivity index (χ4v) is 12.0. The first kappa shape index (κ1) is 86.7. The van der Waals surface area contributed by atoms with E-state index in [4.69, 9.17) is 22.9 Å². The van der Waals surface area contributed by atoms with Crippen molar-refractivity contribution in [3.05, 3.63) is 235 Å². The normalized spacial score (nSPS) is 19.6. The van der Waals surface area contributed by atoms with Gasteiger partial charge in [0.05, 0.1) is 0 Å². The van der Waals surface area contributed by atoms with Crippen molar-refractivity contribution in [3.63, 3.8) is 0 Å². The summed E-state index contributed by atoms with van der Waals surface area (Å²) < 4.78 is 0. The molecule has 94 heavy (non-hydrogen) atoms. The first-order chi connectivity index (χ1) is 43.6. The Hall–Kier alpha value is -5.36. The van der Waals surface area contributed by atoms with Gasteiger partial charge in [0.1, 0.15) is 0 Å². The van der Waals surface area contributed by atoms with E-state index in [-0.39, 0.29) is 37.9 Å². The lowest BCUT2D eigenvalue weighted by Gasteiger charge is -2.33. The minimum absolute atomic E-state index is 0.105. The van der Waals surface area contributed by atoms with Crippen molar-refractivity contribution < 1.29 is 0 Å². The molecule has 0 spiro atoms. The number of nitrogens with two attached hydrogens (primary N) is 4. The van der Waals surface area contributed by atoms with Crippen molar-refractivity contribution in [2.75, 3.05) is 26.2 Å². The molecule has 4 rings (SSSR count). The number of hydrogen-bond donors (Lipinski definition) is 4. The number of hydrogen-bond acceptors (Lipinski definition) is 4. The molecule has 0 fully saturated rings. The van der Waals surface area contributed by atoms with E-state index in [0.717, 1.165) is 0 Å². The number of rotatable bonds is 20. The van der Waals surface area contributed by atoms with Gasteiger partial charge in [0.15, 0.2) is 0 Å². The molecule has 0 aliphatic heterocycles. The molecular formula is C90H144N4. The predicted molar refractivity (Wildman–Crippen MR) is 427 cm³/mol. The summed E-state index contributed by atoms with van der Waals surface area (Å²) in [6.07, 6.45) is 73.2. The summed E-state index contributed by atoms with van der Waals surface area (Å²) in [7, 11) is 0. The minimum atomic E-state index is 0.105. The highest BCUT2D eigenvalue weighted by Gasteiger charge is 2.29. The molecule has 524 valence electrons. The molecule has 0 radical (unpaired) electrons. The summed E-state index contributed by atoms with van der Waals surface area (Å²) in [5, 5.41) is 0. The molecule has 0 atom stereocenters. The van der Waals surface area contributed by atoms with Crippen LogP contribution in [0.15, 0.2) is 235 Å². The van der Waals surface area contributed by atoms with Gasteiger partial charge in [0.25, 0.3) is 0 Å². The molecule has 0 bridgehead atoms. The highest BCUT2D eigenvalue weighted by Crippen LogP contribution is 2.43. The lowest BCUT2D eigenvalue weighted by Crippen LogP contribution is -2.19. The maximum absolute atomic E-state index is 5.75. The Balaban J connectivity index is 0.000000629. The second kappa shape index (κ2) is 42.3. The molecule has 8 N–H and O–H groups in total. The Morgan fingerprint density at radius 2 is 0.681 bits per heavy atom. The van der Waals surface area contributed by atoms with Crippen LogP contribution in [0.3, 0.4) is 0 Å². The Bertz CT molecular complexity index is 3010. The second-order valence-corrected chi connectivity index (χ2v) is 33.4. The van der Waals surface area contributed by atoms with Gasteiger partial charge >= 0.3 is 0 Å². The maximum atomic E-state index is 5.75. The van der Waals surface area contributed by atoms with Crippen LogP contribution in [-0.4, -0.2) is 26.2 Å². The molecule has 4 nitrogen and oxygen atoms in total. The van der Waals surface area contributed by atoms with E-state index >= 15 is 0 Å². The van der Waals surface area contributed by atoms with Crippen LogP contribution in [0.1, 0.15) is 263 Å². The summed E-state index contributed by atoms with van der Waals surface area (Å²) in [4.78, 5) is 0. The molecule has 0 amide bonds. The third kappa shape index (κ3) is 35.6. The third-order valence-corrected chi connectivity index (χ3v) is 18.5. The van der Waals surface area contributed by atoms with Gasteiger partial charge in [-0.3, -0.25) is 0 Å². The lowest BCUT2D eigenvalue weighted by atomic mass is 9.72. The average molecular weight is 1280 g/mol. The van der Waals surface area contributed by atoms with Gasteiger partial charge in [-0.25, -0.2) is 0 Å². The fourth-order valence-electron chi connectivity index (χ4n) is 12.0. The topological polar surface area (TPSA) is 104 Å². The molecule has 4 aliphatic rings. The van der Waals surface area contributed by atoms with Gasteiger partial charge in [-0.15, -0.1) is 0 Å². The summed E-state index contributed by atoms with van der Waals surface area (Å²) in [5.74, 6) is 0. The highest BCUT2D eigenvalue weighted by atomic mass is 14.5. The SMILES string of the molecule is CC(/C=C/C=C(/C=C/C1=CCCCC1)C(C)(C)C)=C\CN.CC1=C(/C=C/C(=C/C=C/C(=C/CN)C(C)(C)C)C(C)(C)C)C(C)(C)CCC1.CC1=C(/C=C/C(=C/C=C/C(C)=C/CN)C(C)(C)C)C(C)(C)CCC1.CC1=C(/C=C/C(=C/C=C/C(C)=C/CN)C(C)(C)C)CCCC1. The van der Waals surface area contributed by atoms with E-state index in [1.807, 2.05) is 18.2 Å². The molecule has 0 aromatic carbocycles. The third-order valence-electron chi connectivity index (χ3n) is 18.5. The summed E-state index contributed by atoms with van der Waals surface area (Å²) in [5.41, 5.74) is 44.6. The van der Waals surface area contributed by atoms with Gasteiger partial charge in [0, 0.05) is 26.2 Å². The first-order valence-corrected chi connectivity index (χ1v) is 36.2. The first-order valence-electron chi connectivity index (χ1n) is 36.2. The zero-order valence-corrected chi connectivity index (χ0v) is 65.5. The maximum Gasteiger partial charge on any atom is 0.0112 e. The average Bonchev–Trinajstić information content (AvgIpc) is 0.838. The lowest BCUT2D eigenvalue weighted by molar-refractivity contribution is 0.376. The molecule has 0 saturated carbocycles. The van der Waals surface area contributed by atoms with Crippen molar-refractivity contribution in [2.24, 2.45) is 60.8 Å². The van der Waals surface area contributed by atoms with Gasteiger partial charge in [-0.1, -0.05) is 322 Å². The van der Waals surface area contributed by atoms with E-state index in [2.05, 4.69) is 307 Å². The Morgan fingerprint density at radius 3 is 1.00 bits per heavy atom. The van der Waals surface area contributed by atoms with Crippen LogP contribution in [0.25, 0.3) is 0 Å². The van der Waals surface area contributed by atoms with Gasteiger partial charge in [-0.2, -0.15) is 0 Å². The smallest absolute Gasteiger partial charge is 0.0112 e. The van der Waals surface area contributed by atoms with Crippen LogP contribution >= 0.6 is 0 Å². The van der Waals surface area contributed by atoms with Gasteiger partial charge in [0.2, 0.25) is 0 Å². The molecule has 4 heteroatoms. The van der Waals surface area contributed by atoms with E-state index in [0.29, 0.717) is 26.2 Å². The number of allylic oxidation sites excluding steroid dienone is 36. The van der Waals surface area contributed by atoms with E-state index in [1.165, 1.54) is 157 Å². The van der Waals surface area contributed by atoms with Crippen molar-refractivity contribution in [2.45, 2.75) is 263 Å². The Labute approximate surface area is 582 Å². The van der Waals surface area contributed by atoms with E-state index in [1.54, 1.807) is 16.7 Å². The van der Waals surface area contributed by atoms with Crippen LogP contribution in [0.4, 0.5) is 0 Å². The van der Waals surface area contributed by atoms with Crippen LogP contribution < -0.4 is 22.9 Å². The van der Waals surface area contributed by atoms with Crippen molar-refractivity contribution in [3.8, 4) is 0 Å². The molecule has 4 aliphatic carbocycles. The largest absolute Gasteiger partial charge is 0.327 e. The van der Waals surface area contributed by atoms with Crippen LogP contribution in [0.5, 0.6) is 0 Å². The predicted octanol–water partition coefficient (Wildman–Crippen LogP) is 25.4. The quantitative estimate of drug-likeness (QED) is 0.0912. The molecule has 0 heterocycles. The van der Waals surface area contributed by atoms with Gasteiger partial charge < -0.3 is 22.9 Å². The van der Waals surface area contributed by atoms with Crippen molar-refractivity contribution >= 4 is 0 Å². The summed E-state index contributed by atoms with van der Waals surface area (Å²) in [6.45, 7) is 58.9. The van der Waals surface area contributed by atoms with Crippen LogP contribution in [0, 0.1) is 37.9 Å². The molecule has 0 saturated heterocycles. The molecule has 0 aromatic rings. The minimum Gasteiger partial charge on any atom is -0.327 e.